The number of aliphatic hydroxyl groups excluding tert-OH is 2. The Morgan fingerprint density at radius 1 is 1.31 bits per heavy atom. The van der Waals surface area contributed by atoms with Crippen molar-refractivity contribution in [1.29, 1.82) is 0 Å². The van der Waals surface area contributed by atoms with Crippen LogP contribution in [0.1, 0.15) is 32.5 Å². The summed E-state index contributed by atoms with van der Waals surface area (Å²) in [7, 11) is 0. The largest absolute Gasteiger partial charge is 0.393 e. The molecule has 3 unspecified atom stereocenters. The molecule has 0 aliphatic carbocycles. The lowest BCUT2D eigenvalue weighted by Crippen LogP contribution is -2.41. The molecule has 0 amide bonds. The molecule has 10 heteroatoms. The fourth-order valence-electron chi connectivity index (χ4n) is 3.84. The number of hydrogen-bond acceptors (Lipinski definition) is 8. The number of aryl methyl sites for hydroxylation is 2. The van der Waals surface area contributed by atoms with E-state index in [1.54, 1.807) is 25.8 Å². The number of nitrogens with zero attached hydrogens (tertiary/aromatic N) is 6. The van der Waals surface area contributed by atoms with Crippen LogP contribution in [0.3, 0.4) is 0 Å². The Kier molecular flexibility index (Phi) is 5.01. The fraction of sp³-hybridized carbons (Fsp3) is 0.579. The van der Waals surface area contributed by atoms with Gasteiger partial charge in [-0.3, -0.25) is 4.57 Å². The Hall–Kier alpha value is -2.56. The van der Waals surface area contributed by atoms with Gasteiger partial charge in [0.25, 0.3) is 0 Å². The summed E-state index contributed by atoms with van der Waals surface area (Å²) >= 11 is 0. The first-order valence-electron chi connectivity index (χ1n) is 9.75. The second-order valence-electron chi connectivity index (χ2n) is 7.95. The van der Waals surface area contributed by atoms with Crippen molar-refractivity contribution >= 4 is 17.0 Å². The predicted octanol–water partition coefficient (Wildman–Crippen LogP) is 1.04. The molecule has 3 aromatic heterocycles. The van der Waals surface area contributed by atoms with Gasteiger partial charge in [0.2, 0.25) is 0 Å². The molecular weight excluding hydrogens is 374 g/mol. The number of imidazole rings is 2. The molecule has 4 heterocycles. The second-order valence-corrected chi connectivity index (χ2v) is 7.95. The molecule has 1 fully saturated rings. The van der Waals surface area contributed by atoms with Gasteiger partial charge in [0, 0.05) is 31.9 Å². The van der Waals surface area contributed by atoms with E-state index < -0.39 is 17.4 Å². The van der Waals surface area contributed by atoms with Crippen molar-refractivity contribution in [3.05, 3.63) is 30.9 Å². The van der Waals surface area contributed by atoms with Gasteiger partial charge < -0.3 is 24.8 Å². The third-order valence-electron chi connectivity index (χ3n) is 5.51. The number of anilines is 1. The molecule has 0 bridgehead atoms. The van der Waals surface area contributed by atoms with Gasteiger partial charge in [-0.25, -0.2) is 19.9 Å². The lowest BCUT2D eigenvalue weighted by Gasteiger charge is -2.30. The maximum Gasteiger partial charge on any atom is 0.168 e. The van der Waals surface area contributed by atoms with E-state index in [0.717, 1.165) is 19.5 Å². The summed E-state index contributed by atoms with van der Waals surface area (Å²) in [6.07, 6.45) is 7.60. The lowest BCUT2D eigenvalue weighted by molar-refractivity contribution is -0.159. The molecule has 3 N–H and O–H groups in total. The van der Waals surface area contributed by atoms with Crippen LogP contribution in [0.25, 0.3) is 11.2 Å². The van der Waals surface area contributed by atoms with Crippen LogP contribution < -0.4 is 5.32 Å². The highest BCUT2D eigenvalue weighted by Crippen LogP contribution is 2.42. The van der Waals surface area contributed by atoms with Crippen LogP contribution in [0.15, 0.2) is 25.0 Å². The van der Waals surface area contributed by atoms with Gasteiger partial charge in [0.15, 0.2) is 17.0 Å². The van der Waals surface area contributed by atoms with Crippen molar-refractivity contribution in [3.8, 4) is 0 Å². The smallest absolute Gasteiger partial charge is 0.168 e. The minimum Gasteiger partial charge on any atom is -0.393 e. The molecule has 1 saturated heterocycles. The van der Waals surface area contributed by atoms with E-state index in [0.29, 0.717) is 29.2 Å². The molecule has 29 heavy (non-hydrogen) atoms. The van der Waals surface area contributed by atoms with Gasteiger partial charge in [0.05, 0.1) is 25.4 Å². The molecule has 3 aromatic rings. The standard InChI is InChI=1S/C19H27N7O3/c1-13-23-16(21-5-4-7-25-8-6-20-11-25)15-17(24-13)26(12-22-15)19(3)9-14(28)18(2,10-27)29-19/h6,8,11-12,14,27-28H,4-5,7,9-10H2,1-3H3,(H,21,23,24). The average Bonchev–Trinajstić information content (AvgIpc) is 3.38. The predicted molar refractivity (Wildman–Crippen MR) is 106 cm³/mol. The van der Waals surface area contributed by atoms with Crippen molar-refractivity contribution in [3.63, 3.8) is 0 Å². The Balaban J connectivity index is 1.57. The van der Waals surface area contributed by atoms with Crippen LogP contribution >= 0.6 is 0 Å². The van der Waals surface area contributed by atoms with Crippen LogP contribution in [0.2, 0.25) is 0 Å². The zero-order valence-electron chi connectivity index (χ0n) is 16.9. The number of nitrogens with one attached hydrogen (secondary N) is 1. The number of ether oxygens (including phenoxy) is 1. The Bertz CT molecular complexity index is 989. The summed E-state index contributed by atoms with van der Waals surface area (Å²) in [4.78, 5) is 17.6. The zero-order chi connectivity index (χ0) is 20.6. The molecule has 0 radical (unpaired) electrons. The SMILES string of the molecule is Cc1nc(NCCCn2ccnc2)c2ncn(C3(C)CC(O)C(C)(CO)O3)c2n1. The van der Waals surface area contributed by atoms with E-state index in [-0.39, 0.29) is 6.61 Å². The van der Waals surface area contributed by atoms with Crippen LogP contribution in [-0.4, -0.2) is 64.1 Å². The van der Waals surface area contributed by atoms with Crippen molar-refractivity contribution in [2.45, 2.75) is 57.6 Å². The van der Waals surface area contributed by atoms with E-state index >= 15 is 0 Å². The number of aromatic nitrogens is 6. The molecule has 10 nitrogen and oxygen atoms in total. The normalized spacial score (nSPS) is 27.0. The summed E-state index contributed by atoms with van der Waals surface area (Å²) in [6, 6.07) is 0. The van der Waals surface area contributed by atoms with Crippen LogP contribution in [0, 0.1) is 6.92 Å². The highest BCUT2D eigenvalue weighted by molar-refractivity contribution is 5.83. The van der Waals surface area contributed by atoms with E-state index in [9.17, 15) is 10.2 Å². The molecule has 4 rings (SSSR count). The second kappa shape index (κ2) is 7.36. The maximum atomic E-state index is 10.4. The summed E-state index contributed by atoms with van der Waals surface area (Å²) in [5.74, 6) is 1.28. The van der Waals surface area contributed by atoms with Crippen LogP contribution in [0.4, 0.5) is 5.82 Å². The topological polar surface area (TPSA) is 123 Å². The quantitative estimate of drug-likeness (QED) is 0.502. The summed E-state index contributed by atoms with van der Waals surface area (Å²) in [6.45, 7) is 6.72. The third-order valence-corrected chi connectivity index (χ3v) is 5.51. The van der Waals surface area contributed by atoms with Gasteiger partial charge in [-0.15, -0.1) is 0 Å². The van der Waals surface area contributed by atoms with Crippen molar-refractivity contribution in [2.24, 2.45) is 0 Å². The summed E-state index contributed by atoms with van der Waals surface area (Å²) in [5.41, 5.74) is -0.617. The molecule has 3 atom stereocenters. The number of rotatable bonds is 7. The first kappa shape index (κ1) is 19.7. The molecule has 1 aliphatic rings. The van der Waals surface area contributed by atoms with Crippen molar-refractivity contribution < 1.29 is 14.9 Å². The molecular formula is C19H27N7O3. The van der Waals surface area contributed by atoms with E-state index in [4.69, 9.17) is 4.74 Å². The van der Waals surface area contributed by atoms with E-state index in [2.05, 4.69) is 25.3 Å². The minimum absolute atomic E-state index is 0.270. The molecule has 156 valence electrons. The highest BCUT2D eigenvalue weighted by Gasteiger charge is 2.52. The summed E-state index contributed by atoms with van der Waals surface area (Å²) in [5, 5.41) is 23.4. The third kappa shape index (κ3) is 3.59. The molecule has 0 spiro atoms. The lowest BCUT2D eigenvalue weighted by atomic mass is 9.99. The first-order valence-corrected chi connectivity index (χ1v) is 9.75. The van der Waals surface area contributed by atoms with Gasteiger partial charge in [0.1, 0.15) is 17.2 Å². The zero-order valence-corrected chi connectivity index (χ0v) is 16.9. The van der Waals surface area contributed by atoms with Crippen LogP contribution in [0.5, 0.6) is 0 Å². The van der Waals surface area contributed by atoms with Gasteiger partial charge >= 0.3 is 0 Å². The Morgan fingerprint density at radius 3 is 2.83 bits per heavy atom. The maximum absolute atomic E-state index is 10.4. The van der Waals surface area contributed by atoms with Crippen LogP contribution in [-0.2, 0) is 17.0 Å². The molecule has 0 saturated carbocycles. The number of fused-ring (bicyclic) bond motifs is 1. The monoisotopic (exact) mass is 401 g/mol. The molecule has 0 aromatic carbocycles. The fourth-order valence-corrected chi connectivity index (χ4v) is 3.84. The number of hydrogen-bond donors (Lipinski definition) is 3. The van der Waals surface area contributed by atoms with Gasteiger partial charge in [-0.1, -0.05) is 0 Å². The van der Waals surface area contributed by atoms with Gasteiger partial charge in [-0.2, -0.15) is 0 Å². The number of aliphatic hydroxyl groups is 2. The Morgan fingerprint density at radius 2 is 2.14 bits per heavy atom. The van der Waals surface area contributed by atoms with Crippen molar-refractivity contribution in [1.82, 2.24) is 29.1 Å². The first-order chi connectivity index (χ1) is 13.8. The minimum atomic E-state index is -1.03. The summed E-state index contributed by atoms with van der Waals surface area (Å²) < 4.78 is 9.95. The Labute approximate surface area is 168 Å². The molecule has 1 aliphatic heterocycles. The highest BCUT2D eigenvalue weighted by atomic mass is 16.6. The van der Waals surface area contributed by atoms with E-state index in [1.807, 2.05) is 29.2 Å². The average molecular weight is 401 g/mol. The van der Waals surface area contributed by atoms with E-state index in [1.165, 1.54) is 0 Å². The van der Waals surface area contributed by atoms with Gasteiger partial charge in [-0.05, 0) is 27.2 Å². The van der Waals surface area contributed by atoms with Crippen molar-refractivity contribution in [2.75, 3.05) is 18.5 Å².